The molecule has 2 aromatic rings. The van der Waals surface area contributed by atoms with Crippen LogP contribution in [-0.2, 0) is 11.4 Å². The SMILES string of the molecule is CCn1nc(C(C)C)cc1C(=O)ON1C(=O)c2ccccc2C1=O. The van der Waals surface area contributed by atoms with E-state index in [9.17, 15) is 14.4 Å². The van der Waals surface area contributed by atoms with Gasteiger partial charge >= 0.3 is 5.97 Å². The number of benzene rings is 1. The van der Waals surface area contributed by atoms with Crippen molar-refractivity contribution in [2.45, 2.75) is 33.2 Å². The molecular formula is C17H17N3O4. The van der Waals surface area contributed by atoms with E-state index in [1.165, 1.54) is 16.8 Å². The Bertz CT molecular complexity index is 803. The Morgan fingerprint density at radius 1 is 1.17 bits per heavy atom. The summed E-state index contributed by atoms with van der Waals surface area (Å²) in [6, 6.07) is 7.97. The summed E-state index contributed by atoms with van der Waals surface area (Å²) in [5, 5.41) is 4.84. The lowest BCUT2D eigenvalue weighted by Crippen LogP contribution is -2.33. The number of aryl methyl sites for hydroxylation is 1. The highest BCUT2D eigenvalue weighted by atomic mass is 16.7. The van der Waals surface area contributed by atoms with Gasteiger partial charge in [-0.15, -0.1) is 0 Å². The smallest absolute Gasteiger partial charge is 0.323 e. The average Bonchev–Trinajstić information content (AvgIpc) is 3.11. The highest BCUT2D eigenvalue weighted by Crippen LogP contribution is 2.24. The van der Waals surface area contributed by atoms with Crippen LogP contribution >= 0.6 is 0 Å². The van der Waals surface area contributed by atoms with E-state index in [0.29, 0.717) is 11.6 Å². The number of nitrogens with zero attached hydrogens (tertiary/aromatic N) is 3. The van der Waals surface area contributed by atoms with Gasteiger partial charge in [0.25, 0.3) is 11.8 Å². The lowest BCUT2D eigenvalue weighted by atomic mass is 10.1. The molecule has 7 nitrogen and oxygen atoms in total. The first-order valence-electron chi connectivity index (χ1n) is 7.71. The number of rotatable bonds is 4. The number of hydrogen-bond acceptors (Lipinski definition) is 5. The van der Waals surface area contributed by atoms with Gasteiger partial charge in [-0.3, -0.25) is 14.3 Å². The molecule has 3 rings (SSSR count). The van der Waals surface area contributed by atoms with E-state index in [1.54, 1.807) is 18.2 Å². The third-order valence-electron chi connectivity index (χ3n) is 3.83. The van der Waals surface area contributed by atoms with E-state index < -0.39 is 17.8 Å². The van der Waals surface area contributed by atoms with Gasteiger partial charge in [0.1, 0.15) is 5.69 Å². The molecular weight excluding hydrogens is 310 g/mol. The number of imide groups is 1. The van der Waals surface area contributed by atoms with Crippen LogP contribution in [0.5, 0.6) is 0 Å². The molecule has 0 saturated carbocycles. The summed E-state index contributed by atoms with van der Waals surface area (Å²) in [6.45, 7) is 6.23. The summed E-state index contributed by atoms with van der Waals surface area (Å²) in [4.78, 5) is 42.0. The normalized spacial score (nSPS) is 13.6. The van der Waals surface area contributed by atoms with Crippen molar-refractivity contribution in [3.63, 3.8) is 0 Å². The number of aromatic nitrogens is 2. The van der Waals surface area contributed by atoms with Crippen molar-refractivity contribution >= 4 is 17.8 Å². The summed E-state index contributed by atoms with van der Waals surface area (Å²) >= 11 is 0. The zero-order valence-electron chi connectivity index (χ0n) is 13.6. The van der Waals surface area contributed by atoms with Crippen LogP contribution in [0.2, 0.25) is 0 Å². The largest absolute Gasteiger partial charge is 0.381 e. The predicted octanol–water partition coefficient (Wildman–Crippen LogP) is 2.39. The minimum Gasteiger partial charge on any atom is -0.323 e. The first-order valence-corrected chi connectivity index (χ1v) is 7.71. The molecule has 0 radical (unpaired) electrons. The van der Waals surface area contributed by atoms with E-state index in [2.05, 4.69) is 5.10 Å². The van der Waals surface area contributed by atoms with Gasteiger partial charge in [0.2, 0.25) is 0 Å². The number of hydroxylamine groups is 2. The summed E-state index contributed by atoms with van der Waals surface area (Å²) in [6.07, 6.45) is 0. The van der Waals surface area contributed by atoms with Crippen molar-refractivity contribution < 1.29 is 19.2 Å². The summed E-state index contributed by atoms with van der Waals surface area (Å²) in [5.74, 6) is -1.93. The second kappa shape index (κ2) is 5.92. The summed E-state index contributed by atoms with van der Waals surface area (Å²) < 4.78 is 1.50. The van der Waals surface area contributed by atoms with Crippen LogP contribution in [0.4, 0.5) is 0 Å². The second-order valence-electron chi connectivity index (χ2n) is 5.75. The summed E-state index contributed by atoms with van der Waals surface area (Å²) in [7, 11) is 0. The van der Waals surface area contributed by atoms with Crippen LogP contribution < -0.4 is 0 Å². The van der Waals surface area contributed by atoms with Gasteiger partial charge < -0.3 is 4.84 Å². The lowest BCUT2D eigenvalue weighted by molar-refractivity contribution is -0.0592. The molecule has 1 aliphatic heterocycles. The van der Waals surface area contributed by atoms with Crippen LogP contribution in [0.3, 0.4) is 0 Å². The zero-order chi connectivity index (χ0) is 17.4. The van der Waals surface area contributed by atoms with E-state index in [1.807, 2.05) is 20.8 Å². The van der Waals surface area contributed by atoms with Crippen LogP contribution in [-0.4, -0.2) is 32.6 Å². The van der Waals surface area contributed by atoms with Gasteiger partial charge in [0, 0.05) is 6.54 Å². The number of hydrogen-bond donors (Lipinski definition) is 0. The Hall–Kier alpha value is -2.96. The van der Waals surface area contributed by atoms with E-state index >= 15 is 0 Å². The van der Waals surface area contributed by atoms with E-state index in [4.69, 9.17) is 4.84 Å². The van der Waals surface area contributed by atoms with Crippen LogP contribution in [0.25, 0.3) is 0 Å². The fraction of sp³-hybridized carbons (Fsp3) is 0.294. The van der Waals surface area contributed by atoms with Crippen LogP contribution in [0.1, 0.15) is 63.6 Å². The van der Waals surface area contributed by atoms with Crippen molar-refractivity contribution in [2.75, 3.05) is 0 Å². The number of carbonyl (C=O) groups is 3. The van der Waals surface area contributed by atoms with E-state index in [0.717, 1.165) is 5.69 Å². The standard InChI is InChI=1S/C17H17N3O4/c1-4-19-14(9-13(18-19)10(2)3)17(23)24-20-15(21)11-7-5-6-8-12(11)16(20)22/h5-10H,4H2,1-3H3. The quantitative estimate of drug-likeness (QED) is 0.805. The Morgan fingerprint density at radius 3 is 2.25 bits per heavy atom. The highest BCUT2D eigenvalue weighted by Gasteiger charge is 2.39. The Morgan fingerprint density at radius 2 is 1.75 bits per heavy atom. The molecule has 1 aromatic heterocycles. The van der Waals surface area contributed by atoms with Gasteiger partial charge in [-0.2, -0.15) is 5.10 Å². The fourth-order valence-corrected chi connectivity index (χ4v) is 2.50. The van der Waals surface area contributed by atoms with Gasteiger partial charge in [0.05, 0.1) is 16.8 Å². The van der Waals surface area contributed by atoms with Crippen LogP contribution in [0.15, 0.2) is 30.3 Å². The molecule has 0 unspecified atom stereocenters. The first kappa shape index (κ1) is 15.9. The summed E-state index contributed by atoms with van der Waals surface area (Å²) in [5.41, 5.74) is 1.40. The molecule has 7 heteroatoms. The van der Waals surface area contributed by atoms with E-state index in [-0.39, 0.29) is 22.7 Å². The second-order valence-corrected chi connectivity index (χ2v) is 5.75. The third kappa shape index (κ3) is 2.47. The number of amides is 2. The Balaban J connectivity index is 1.86. The molecule has 2 amide bonds. The maximum absolute atomic E-state index is 12.4. The minimum atomic E-state index is -0.786. The Labute approximate surface area is 138 Å². The minimum absolute atomic E-state index is 0.142. The molecule has 124 valence electrons. The molecule has 2 heterocycles. The fourth-order valence-electron chi connectivity index (χ4n) is 2.50. The van der Waals surface area contributed by atoms with Gasteiger partial charge in [-0.25, -0.2) is 4.79 Å². The molecule has 0 N–H and O–H groups in total. The maximum Gasteiger partial charge on any atom is 0.381 e. The molecule has 0 atom stereocenters. The van der Waals surface area contributed by atoms with Gasteiger partial charge in [-0.1, -0.05) is 31.0 Å². The zero-order valence-corrected chi connectivity index (χ0v) is 13.6. The number of fused-ring (bicyclic) bond motifs is 1. The average molecular weight is 327 g/mol. The molecule has 0 saturated heterocycles. The molecule has 0 fully saturated rings. The highest BCUT2D eigenvalue weighted by molar-refractivity contribution is 6.21. The topological polar surface area (TPSA) is 81.5 Å². The Kier molecular flexibility index (Phi) is 3.92. The molecule has 0 aliphatic carbocycles. The van der Waals surface area contributed by atoms with Crippen molar-refractivity contribution in [3.05, 3.63) is 52.8 Å². The monoisotopic (exact) mass is 327 g/mol. The third-order valence-corrected chi connectivity index (χ3v) is 3.83. The molecule has 1 aromatic carbocycles. The molecule has 1 aliphatic rings. The molecule has 24 heavy (non-hydrogen) atoms. The number of carbonyl (C=O) groups excluding carboxylic acids is 3. The van der Waals surface area contributed by atoms with Crippen molar-refractivity contribution in [1.82, 2.24) is 14.8 Å². The molecule has 0 spiro atoms. The maximum atomic E-state index is 12.4. The van der Waals surface area contributed by atoms with Gasteiger partial charge in [-0.05, 0) is 31.0 Å². The van der Waals surface area contributed by atoms with Crippen molar-refractivity contribution in [2.24, 2.45) is 0 Å². The lowest BCUT2D eigenvalue weighted by Gasteiger charge is -2.12. The first-order chi connectivity index (χ1) is 11.4. The predicted molar refractivity (Wildman–Crippen MR) is 84.3 cm³/mol. The molecule has 0 bridgehead atoms. The van der Waals surface area contributed by atoms with Crippen LogP contribution in [0, 0.1) is 0 Å². The van der Waals surface area contributed by atoms with Gasteiger partial charge in [0.15, 0.2) is 0 Å². The van der Waals surface area contributed by atoms with Crippen molar-refractivity contribution in [1.29, 1.82) is 0 Å². The van der Waals surface area contributed by atoms with Crippen molar-refractivity contribution in [3.8, 4) is 0 Å².